The summed E-state index contributed by atoms with van der Waals surface area (Å²) in [5.74, 6) is 0. The minimum atomic E-state index is -0.454. The maximum Gasteiger partial charge on any atom is 0.410 e. The third kappa shape index (κ3) is 4.24. The predicted molar refractivity (Wildman–Crippen MR) is 88.0 cm³/mol. The van der Waals surface area contributed by atoms with Crippen LogP contribution in [0.4, 0.5) is 4.79 Å². The van der Waals surface area contributed by atoms with Crippen LogP contribution in [-0.2, 0) is 29.1 Å². The van der Waals surface area contributed by atoms with Crippen molar-refractivity contribution < 1.29 is 14.3 Å². The number of rotatable bonds is 3. The molecular formula is C18H26N2O3. The number of nitrogens with zero attached hydrogens (tertiary/aromatic N) is 1. The molecule has 5 heteroatoms. The van der Waals surface area contributed by atoms with E-state index < -0.39 is 5.60 Å². The van der Waals surface area contributed by atoms with Gasteiger partial charge in [0.1, 0.15) is 5.60 Å². The summed E-state index contributed by atoms with van der Waals surface area (Å²) in [6.07, 6.45) is 0.841. The van der Waals surface area contributed by atoms with Crippen molar-refractivity contribution in [2.24, 2.45) is 0 Å². The van der Waals surface area contributed by atoms with Gasteiger partial charge in [0.2, 0.25) is 0 Å². The van der Waals surface area contributed by atoms with E-state index in [0.29, 0.717) is 19.1 Å². The Balaban J connectivity index is 1.58. The lowest BCUT2D eigenvalue weighted by molar-refractivity contribution is 0.0242. The molecule has 1 saturated heterocycles. The average Bonchev–Trinajstić information content (AvgIpc) is 3.12. The molecule has 5 nitrogen and oxygen atoms in total. The molecular weight excluding hydrogens is 292 g/mol. The van der Waals surface area contributed by atoms with E-state index in [-0.39, 0.29) is 6.09 Å². The van der Waals surface area contributed by atoms with Crippen LogP contribution in [0.25, 0.3) is 0 Å². The van der Waals surface area contributed by atoms with E-state index in [1.807, 2.05) is 20.8 Å². The van der Waals surface area contributed by atoms with Gasteiger partial charge in [0.15, 0.2) is 0 Å². The van der Waals surface area contributed by atoms with Crippen molar-refractivity contribution in [3.63, 3.8) is 0 Å². The standard InChI is InChI=1S/C18H26N2O3/c1-18(2,3)23-17(21)20-10-14-5-4-13(8-15(14)11-20)9-19-16-6-7-22-12-16/h4-5,8,16,19H,6-7,9-12H2,1-3H3. The number of hydrogen-bond donors (Lipinski definition) is 1. The highest BCUT2D eigenvalue weighted by Crippen LogP contribution is 2.25. The zero-order valence-corrected chi connectivity index (χ0v) is 14.2. The first-order valence-electron chi connectivity index (χ1n) is 8.30. The Morgan fingerprint density at radius 1 is 1.35 bits per heavy atom. The molecule has 1 fully saturated rings. The van der Waals surface area contributed by atoms with E-state index >= 15 is 0 Å². The molecule has 0 bridgehead atoms. The summed E-state index contributed by atoms with van der Waals surface area (Å²) in [5.41, 5.74) is 3.23. The van der Waals surface area contributed by atoms with Crippen molar-refractivity contribution >= 4 is 6.09 Å². The van der Waals surface area contributed by atoms with Gasteiger partial charge < -0.3 is 14.8 Å². The highest BCUT2D eigenvalue weighted by atomic mass is 16.6. The summed E-state index contributed by atoms with van der Waals surface area (Å²) in [4.78, 5) is 14.0. The van der Waals surface area contributed by atoms with Gasteiger partial charge in [0.05, 0.1) is 6.61 Å². The van der Waals surface area contributed by atoms with Crippen molar-refractivity contribution in [3.05, 3.63) is 34.9 Å². The third-order valence-corrected chi connectivity index (χ3v) is 4.17. The van der Waals surface area contributed by atoms with Gasteiger partial charge in [-0.2, -0.15) is 0 Å². The number of ether oxygens (including phenoxy) is 2. The molecule has 1 unspecified atom stereocenters. The van der Waals surface area contributed by atoms with Gasteiger partial charge in [0, 0.05) is 32.3 Å². The molecule has 1 aromatic carbocycles. The highest BCUT2D eigenvalue weighted by molar-refractivity contribution is 5.69. The van der Waals surface area contributed by atoms with E-state index in [0.717, 1.165) is 26.2 Å². The Bertz CT molecular complexity index is 574. The fourth-order valence-electron chi connectivity index (χ4n) is 2.97. The average molecular weight is 318 g/mol. The Morgan fingerprint density at radius 3 is 2.83 bits per heavy atom. The molecule has 0 radical (unpaired) electrons. The summed E-state index contributed by atoms with van der Waals surface area (Å²) in [6, 6.07) is 6.92. The first-order chi connectivity index (χ1) is 10.9. The van der Waals surface area contributed by atoms with Gasteiger partial charge >= 0.3 is 6.09 Å². The number of hydrogen-bond acceptors (Lipinski definition) is 4. The molecule has 3 rings (SSSR count). The summed E-state index contributed by atoms with van der Waals surface area (Å²) in [7, 11) is 0. The zero-order valence-electron chi connectivity index (χ0n) is 14.2. The predicted octanol–water partition coefficient (Wildman–Crippen LogP) is 2.82. The lowest BCUT2D eigenvalue weighted by Crippen LogP contribution is -2.33. The molecule has 2 heterocycles. The maximum absolute atomic E-state index is 12.2. The second kappa shape index (κ2) is 6.49. The van der Waals surface area contributed by atoms with Crippen molar-refractivity contribution in [2.75, 3.05) is 13.2 Å². The van der Waals surface area contributed by atoms with Crippen molar-refractivity contribution in [1.29, 1.82) is 0 Å². The van der Waals surface area contributed by atoms with Crippen LogP contribution < -0.4 is 5.32 Å². The SMILES string of the molecule is CC(C)(C)OC(=O)N1Cc2ccc(CNC3CCOC3)cc2C1. The van der Waals surface area contributed by atoms with Crippen LogP contribution >= 0.6 is 0 Å². The van der Waals surface area contributed by atoms with Crippen molar-refractivity contribution in [2.45, 2.75) is 58.5 Å². The fourth-order valence-corrected chi connectivity index (χ4v) is 2.97. The topological polar surface area (TPSA) is 50.8 Å². The lowest BCUT2D eigenvalue weighted by Gasteiger charge is -2.24. The molecule has 1 N–H and O–H groups in total. The minimum absolute atomic E-state index is 0.239. The van der Waals surface area contributed by atoms with Crippen LogP contribution in [0.15, 0.2) is 18.2 Å². The Labute approximate surface area is 137 Å². The van der Waals surface area contributed by atoms with E-state index in [2.05, 4.69) is 23.5 Å². The summed E-state index contributed by atoms with van der Waals surface area (Å²) < 4.78 is 10.8. The molecule has 0 spiro atoms. The Kier molecular flexibility index (Phi) is 4.60. The van der Waals surface area contributed by atoms with Gasteiger partial charge in [-0.15, -0.1) is 0 Å². The zero-order chi connectivity index (χ0) is 16.4. The normalized spacial score (nSPS) is 20.7. The van der Waals surface area contributed by atoms with E-state index in [9.17, 15) is 4.79 Å². The van der Waals surface area contributed by atoms with Gasteiger partial charge in [0.25, 0.3) is 0 Å². The number of amides is 1. The number of nitrogens with one attached hydrogen (secondary N) is 1. The van der Waals surface area contributed by atoms with Crippen LogP contribution in [0.5, 0.6) is 0 Å². The van der Waals surface area contributed by atoms with Gasteiger partial charge in [-0.25, -0.2) is 4.79 Å². The van der Waals surface area contributed by atoms with Crippen LogP contribution in [0.2, 0.25) is 0 Å². The van der Waals surface area contributed by atoms with Gasteiger partial charge in [-0.05, 0) is 43.9 Å². The maximum atomic E-state index is 12.2. The molecule has 1 aromatic rings. The quantitative estimate of drug-likeness (QED) is 0.931. The molecule has 1 atom stereocenters. The number of carbonyl (C=O) groups is 1. The first kappa shape index (κ1) is 16.3. The molecule has 0 aliphatic carbocycles. The van der Waals surface area contributed by atoms with Crippen LogP contribution in [0, 0.1) is 0 Å². The highest BCUT2D eigenvalue weighted by Gasteiger charge is 2.27. The molecule has 2 aliphatic heterocycles. The van der Waals surface area contributed by atoms with E-state index in [4.69, 9.17) is 9.47 Å². The summed E-state index contributed by atoms with van der Waals surface area (Å²) in [6.45, 7) is 9.44. The molecule has 0 saturated carbocycles. The van der Waals surface area contributed by atoms with E-state index in [1.165, 1.54) is 16.7 Å². The Hall–Kier alpha value is -1.59. The Morgan fingerprint density at radius 2 is 2.13 bits per heavy atom. The summed E-state index contributed by atoms with van der Waals surface area (Å²) >= 11 is 0. The smallest absolute Gasteiger partial charge is 0.410 e. The molecule has 0 aromatic heterocycles. The van der Waals surface area contributed by atoms with Gasteiger partial charge in [-0.1, -0.05) is 18.2 Å². The first-order valence-corrected chi connectivity index (χ1v) is 8.30. The molecule has 1 amide bonds. The fraction of sp³-hybridized carbons (Fsp3) is 0.611. The van der Waals surface area contributed by atoms with Crippen LogP contribution in [0.1, 0.15) is 43.9 Å². The second-order valence-corrected chi connectivity index (χ2v) is 7.38. The molecule has 126 valence electrons. The van der Waals surface area contributed by atoms with Crippen LogP contribution in [-0.4, -0.2) is 35.8 Å². The van der Waals surface area contributed by atoms with Crippen LogP contribution in [0.3, 0.4) is 0 Å². The minimum Gasteiger partial charge on any atom is -0.444 e. The van der Waals surface area contributed by atoms with E-state index in [1.54, 1.807) is 4.90 Å². The monoisotopic (exact) mass is 318 g/mol. The second-order valence-electron chi connectivity index (χ2n) is 7.38. The lowest BCUT2D eigenvalue weighted by atomic mass is 10.1. The number of fused-ring (bicyclic) bond motifs is 1. The third-order valence-electron chi connectivity index (χ3n) is 4.17. The molecule has 23 heavy (non-hydrogen) atoms. The van der Waals surface area contributed by atoms with Crippen molar-refractivity contribution in [1.82, 2.24) is 10.2 Å². The molecule has 2 aliphatic rings. The summed E-state index contributed by atoms with van der Waals surface area (Å²) in [5, 5.41) is 3.52. The number of benzene rings is 1. The van der Waals surface area contributed by atoms with Gasteiger partial charge in [-0.3, -0.25) is 4.90 Å². The largest absolute Gasteiger partial charge is 0.444 e. The van der Waals surface area contributed by atoms with Crippen molar-refractivity contribution in [3.8, 4) is 0 Å². The number of carbonyl (C=O) groups excluding carboxylic acids is 1.